The molecule has 1 aromatic carbocycles. The first-order valence-electron chi connectivity index (χ1n) is 7.19. The number of para-hydroxylation sites is 2. The molecule has 0 saturated heterocycles. The zero-order valence-electron chi connectivity index (χ0n) is 12.5. The van der Waals surface area contributed by atoms with E-state index >= 15 is 0 Å². The topological polar surface area (TPSA) is 86.9 Å². The molecular formula is C16H16N4O2S. The number of H-pyrrole nitrogens is 1. The first-order valence-corrected chi connectivity index (χ1v) is 8.07. The highest BCUT2D eigenvalue weighted by Crippen LogP contribution is 2.15. The summed E-state index contributed by atoms with van der Waals surface area (Å²) < 4.78 is 0. The molecule has 0 radical (unpaired) electrons. The van der Waals surface area contributed by atoms with Gasteiger partial charge < -0.3 is 15.6 Å². The Hall–Kier alpha value is -2.67. The normalized spacial score (nSPS) is 12.0. The molecular weight excluding hydrogens is 312 g/mol. The van der Waals surface area contributed by atoms with Gasteiger partial charge in [-0.05, 0) is 30.5 Å². The van der Waals surface area contributed by atoms with Gasteiger partial charge in [0.05, 0.1) is 28.5 Å². The van der Waals surface area contributed by atoms with E-state index in [0.29, 0.717) is 10.7 Å². The first kappa shape index (κ1) is 15.2. The van der Waals surface area contributed by atoms with Gasteiger partial charge >= 0.3 is 0 Å². The second-order valence-electron chi connectivity index (χ2n) is 5.09. The molecule has 3 aromatic rings. The third kappa shape index (κ3) is 3.57. The average Bonchev–Trinajstić information content (AvgIpc) is 3.21. The van der Waals surface area contributed by atoms with Crippen molar-refractivity contribution in [3.63, 3.8) is 0 Å². The summed E-state index contributed by atoms with van der Waals surface area (Å²) in [5.41, 5.74) is 1.78. The number of hydrogen-bond donors (Lipinski definition) is 3. The summed E-state index contributed by atoms with van der Waals surface area (Å²) >= 11 is 1.34. The highest BCUT2D eigenvalue weighted by Gasteiger charge is 2.14. The number of fused-ring (bicyclic) bond motifs is 1. The zero-order chi connectivity index (χ0) is 16.2. The molecule has 2 heterocycles. The third-order valence-corrected chi connectivity index (χ3v) is 4.22. The van der Waals surface area contributed by atoms with Gasteiger partial charge in [-0.25, -0.2) is 4.98 Å². The molecule has 118 valence electrons. The van der Waals surface area contributed by atoms with Crippen LogP contribution in [0.1, 0.15) is 28.5 Å². The van der Waals surface area contributed by atoms with E-state index in [1.54, 1.807) is 12.1 Å². The minimum Gasteiger partial charge on any atom is -0.345 e. The van der Waals surface area contributed by atoms with E-state index in [4.69, 9.17) is 0 Å². The Morgan fingerprint density at radius 1 is 1.26 bits per heavy atom. The lowest BCUT2D eigenvalue weighted by atomic mass is 10.3. The summed E-state index contributed by atoms with van der Waals surface area (Å²) in [6.07, 6.45) is 0. The predicted octanol–water partition coefficient (Wildman–Crippen LogP) is 2.23. The quantitative estimate of drug-likeness (QED) is 0.671. The molecule has 6 nitrogen and oxygen atoms in total. The fourth-order valence-electron chi connectivity index (χ4n) is 2.19. The molecule has 0 saturated carbocycles. The molecule has 0 unspecified atom stereocenters. The standard InChI is InChI=1S/C16H16N4O2S/c1-10(15-19-11-5-2-3-6-12(11)20-15)18-14(21)9-17-16(22)13-7-4-8-23-13/h2-8,10H,9H2,1H3,(H,17,22)(H,18,21)(H,19,20)/t10-/m0/s1. The molecule has 2 aromatic heterocycles. The average molecular weight is 328 g/mol. The Morgan fingerprint density at radius 3 is 2.83 bits per heavy atom. The monoisotopic (exact) mass is 328 g/mol. The summed E-state index contributed by atoms with van der Waals surface area (Å²) in [5, 5.41) is 7.23. The van der Waals surface area contributed by atoms with E-state index in [1.807, 2.05) is 36.6 Å². The second-order valence-corrected chi connectivity index (χ2v) is 6.04. The molecule has 0 bridgehead atoms. The summed E-state index contributed by atoms with van der Waals surface area (Å²) in [5.74, 6) is 0.179. The molecule has 0 aliphatic rings. The van der Waals surface area contributed by atoms with Crippen molar-refractivity contribution in [1.82, 2.24) is 20.6 Å². The number of aromatic amines is 1. The van der Waals surface area contributed by atoms with Crippen LogP contribution >= 0.6 is 11.3 Å². The van der Waals surface area contributed by atoms with Gasteiger partial charge in [0.25, 0.3) is 5.91 Å². The molecule has 3 rings (SSSR count). The van der Waals surface area contributed by atoms with Crippen molar-refractivity contribution >= 4 is 34.2 Å². The Labute approximate surface area is 136 Å². The van der Waals surface area contributed by atoms with Crippen LogP contribution in [0.25, 0.3) is 11.0 Å². The van der Waals surface area contributed by atoms with Crippen LogP contribution in [0.15, 0.2) is 41.8 Å². The highest BCUT2D eigenvalue weighted by atomic mass is 32.1. The predicted molar refractivity (Wildman–Crippen MR) is 89.3 cm³/mol. The van der Waals surface area contributed by atoms with Gasteiger partial charge in [0, 0.05) is 0 Å². The van der Waals surface area contributed by atoms with Gasteiger partial charge in [0.15, 0.2) is 0 Å². The number of benzene rings is 1. The first-order chi connectivity index (χ1) is 11.1. The van der Waals surface area contributed by atoms with E-state index < -0.39 is 0 Å². The van der Waals surface area contributed by atoms with Gasteiger partial charge in [-0.1, -0.05) is 18.2 Å². The maximum absolute atomic E-state index is 12.0. The number of amides is 2. The van der Waals surface area contributed by atoms with Crippen LogP contribution in [0, 0.1) is 0 Å². The molecule has 2 amide bonds. The van der Waals surface area contributed by atoms with Crippen LogP contribution in [0.3, 0.4) is 0 Å². The van der Waals surface area contributed by atoms with Gasteiger partial charge in [-0.3, -0.25) is 9.59 Å². The van der Waals surface area contributed by atoms with Crippen molar-refractivity contribution in [3.8, 4) is 0 Å². The lowest BCUT2D eigenvalue weighted by molar-refractivity contribution is -0.120. The van der Waals surface area contributed by atoms with Gasteiger partial charge in [0.1, 0.15) is 5.82 Å². The van der Waals surface area contributed by atoms with E-state index in [9.17, 15) is 9.59 Å². The van der Waals surface area contributed by atoms with E-state index in [-0.39, 0.29) is 24.4 Å². The van der Waals surface area contributed by atoms with Crippen LogP contribution in [0.5, 0.6) is 0 Å². The summed E-state index contributed by atoms with van der Waals surface area (Å²) in [4.78, 5) is 31.9. The van der Waals surface area contributed by atoms with Crippen LogP contribution < -0.4 is 10.6 Å². The molecule has 7 heteroatoms. The van der Waals surface area contributed by atoms with Gasteiger partial charge in [0.2, 0.25) is 5.91 Å². The minimum atomic E-state index is -0.270. The van der Waals surface area contributed by atoms with Crippen molar-refractivity contribution < 1.29 is 9.59 Å². The maximum Gasteiger partial charge on any atom is 0.261 e. The Morgan fingerprint density at radius 2 is 2.09 bits per heavy atom. The van der Waals surface area contributed by atoms with E-state index in [1.165, 1.54) is 11.3 Å². The number of carbonyl (C=O) groups is 2. The van der Waals surface area contributed by atoms with E-state index in [0.717, 1.165) is 11.0 Å². The number of imidazole rings is 1. The Balaban J connectivity index is 1.55. The number of rotatable bonds is 5. The summed E-state index contributed by atoms with van der Waals surface area (Å²) in [6, 6.07) is 10.9. The zero-order valence-corrected chi connectivity index (χ0v) is 13.3. The number of aromatic nitrogens is 2. The molecule has 0 aliphatic carbocycles. The summed E-state index contributed by atoms with van der Waals surface area (Å²) in [7, 11) is 0. The maximum atomic E-state index is 12.0. The Kier molecular flexibility index (Phi) is 4.38. The SMILES string of the molecule is C[C@H](NC(=O)CNC(=O)c1cccs1)c1nc2ccccc2[nH]1. The number of nitrogens with one attached hydrogen (secondary N) is 3. The molecule has 3 N–H and O–H groups in total. The van der Waals surface area contributed by atoms with Crippen molar-refractivity contribution in [2.45, 2.75) is 13.0 Å². The van der Waals surface area contributed by atoms with Crippen LogP contribution in [-0.4, -0.2) is 28.3 Å². The van der Waals surface area contributed by atoms with Crippen molar-refractivity contribution in [2.24, 2.45) is 0 Å². The summed E-state index contributed by atoms with van der Waals surface area (Å²) in [6.45, 7) is 1.78. The van der Waals surface area contributed by atoms with Crippen LogP contribution in [-0.2, 0) is 4.79 Å². The number of carbonyl (C=O) groups excluding carboxylic acids is 2. The largest absolute Gasteiger partial charge is 0.345 e. The van der Waals surface area contributed by atoms with Crippen molar-refractivity contribution in [3.05, 3.63) is 52.5 Å². The number of nitrogens with zero attached hydrogens (tertiary/aromatic N) is 1. The third-order valence-electron chi connectivity index (χ3n) is 3.35. The fraction of sp³-hybridized carbons (Fsp3) is 0.188. The molecule has 0 spiro atoms. The van der Waals surface area contributed by atoms with Crippen LogP contribution in [0.4, 0.5) is 0 Å². The number of thiophene rings is 1. The lowest BCUT2D eigenvalue weighted by Gasteiger charge is -2.11. The van der Waals surface area contributed by atoms with E-state index in [2.05, 4.69) is 20.6 Å². The Bertz CT molecular complexity index is 793. The van der Waals surface area contributed by atoms with Crippen molar-refractivity contribution in [1.29, 1.82) is 0 Å². The fourth-order valence-corrected chi connectivity index (χ4v) is 2.83. The van der Waals surface area contributed by atoms with Gasteiger partial charge in [-0.15, -0.1) is 11.3 Å². The second kappa shape index (κ2) is 6.62. The van der Waals surface area contributed by atoms with Crippen LogP contribution in [0.2, 0.25) is 0 Å². The highest BCUT2D eigenvalue weighted by molar-refractivity contribution is 7.12. The molecule has 1 atom stereocenters. The minimum absolute atomic E-state index is 0.0682. The molecule has 23 heavy (non-hydrogen) atoms. The van der Waals surface area contributed by atoms with Crippen molar-refractivity contribution in [2.75, 3.05) is 6.54 Å². The smallest absolute Gasteiger partial charge is 0.261 e. The molecule has 0 aliphatic heterocycles. The molecule has 0 fully saturated rings. The number of hydrogen-bond acceptors (Lipinski definition) is 4. The van der Waals surface area contributed by atoms with Gasteiger partial charge in [-0.2, -0.15) is 0 Å². The lowest BCUT2D eigenvalue weighted by Crippen LogP contribution is -2.38.